The SMILES string of the molecule is [C-]#[N+]C(C#N)C1C2CC(C(C)C)C3(Oc4c(CC=C(C)C)c5c(c(OC)c4C(=O)C13)C=CC(C)(CCC=C(C)C)O5)C(O)(C/C=C(/C)C(=O)OC)C2=O. The Kier molecular flexibility index (Phi) is 10.9. The molecule has 0 saturated heterocycles. The van der Waals surface area contributed by atoms with Gasteiger partial charge in [-0.2, -0.15) is 5.26 Å². The summed E-state index contributed by atoms with van der Waals surface area (Å²) in [6.07, 6.45) is 11.1. The Morgan fingerprint density at radius 2 is 1.79 bits per heavy atom. The third-order valence-corrected chi connectivity index (χ3v) is 11.8. The third kappa shape index (κ3) is 6.29. The molecule has 5 aliphatic rings. The maximum atomic E-state index is 15.6. The normalized spacial score (nSPS) is 30.0. The number of hydrogen-bond donors (Lipinski definition) is 1. The monoisotopic (exact) mass is 724 g/mol. The largest absolute Gasteiger partial charge is 0.495 e. The summed E-state index contributed by atoms with van der Waals surface area (Å²) in [5.74, 6) is -4.89. The maximum Gasteiger partial charge on any atom is 0.333 e. The molecule has 0 radical (unpaired) electrons. The summed E-state index contributed by atoms with van der Waals surface area (Å²) < 4.78 is 25.1. The molecule has 10 heteroatoms. The number of fused-ring (bicyclic) bond motifs is 4. The highest BCUT2D eigenvalue weighted by molar-refractivity contribution is 6.10. The van der Waals surface area contributed by atoms with Crippen LogP contribution in [-0.2, 0) is 20.7 Å². The van der Waals surface area contributed by atoms with Crippen LogP contribution >= 0.6 is 0 Å². The molecule has 282 valence electrons. The lowest BCUT2D eigenvalue weighted by molar-refractivity contribution is -0.252. The van der Waals surface area contributed by atoms with Gasteiger partial charge in [-0.25, -0.2) is 11.4 Å². The van der Waals surface area contributed by atoms with E-state index >= 15 is 4.79 Å². The van der Waals surface area contributed by atoms with Gasteiger partial charge in [0, 0.05) is 29.4 Å². The number of nitriles is 1. The summed E-state index contributed by atoms with van der Waals surface area (Å²) in [4.78, 5) is 46.4. The van der Waals surface area contributed by atoms with E-state index in [9.17, 15) is 20.0 Å². The number of esters is 1. The molecule has 0 amide bonds. The first-order chi connectivity index (χ1) is 25.0. The molecule has 53 heavy (non-hydrogen) atoms. The number of methoxy groups -OCH3 is 2. The number of ether oxygens (including phenoxy) is 4. The molecule has 8 unspecified atom stereocenters. The van der Waals surface area contributed by atoms with Crippen LogP contribution in [0.4, 0.5) is 0 Å². The van der Waals surface area contributed by atoms with Crippen LogP contribution in [0.5, 0.6) is 17.2 Å². The van der Waals surface area contributed by atoms with Gasteiger partial charge in [0.25, 0.3) is 0 Å². The van der Waals surface area contributed by atoms with Crippen molar-refractivity contribution >= 4 is 23.6 Å². The van der Waals surface area contributed by atoms with Crippen molar-refractivity contribution in [2.75, 3.05) is 14.2 Å². The smallest absolute Gasteiger partial charge is 0.333 e. The highest BCUT2D eigenvalue weighted by atomic mass is 16.5. The second kappa shape index (κ2) is 14.6. The van der Waals surface area contributed by atoms with E-state index in [1.807, 2.05) is 66.7 Å². The molecule has 1 spiro atoms. The molecule has 8 atom stereocenters. The molecule has 1 aromatic rings. The van der Waals surface area contributed by atoms with Crippen molar-refractivity contribution in [2.24, 2.45) is 29.6 Å². The zero-order valence-corrected chi connectivity index (χ0v) is 32.6. The summed E-state index contributed by atoms with van der Waals surface area (Å²) >= 11 is 0. The van der Waals surface area contributed by atoms with Gasteiger partial charge in [0.15, 0.2) is 28.8 Å². The second-order valence-electron chi connectivity index (χ2n) is 16.0. The fraction of sp³-hybridized carbons (Fsp3) is 0.558. The first-order valence-electron chi connectivity index (χ1n) is 18.4. The Morgan fingerprint density at radius 3 is 2.36 bits per heavy atom. The van der Waals surface area contributed by atoms with Crippen LogP contribution in [0, 0.1) is 47.5 Å². The van der Waals surface area contributed by atoms with E-state index in [-0.39, 0.29) is 41.4 Å². The second-order valence-corrected chi connectivity index (χ2v) is 16.0. The lowest BCUT2D eigenvalue weighted by Crippen LogP contribution is -2.82. The standard InChI is InChI=1S/C43H52N2O8/c1-23(2)13-12-18-41(8)19-17-28-36(52-41)27(15-14-24(3)4)38-33(37(28)50-10)35(46)34-32(31(22-44)45-9)29-21-30(25(5)6)43(34,53-38)42(49,39(29)47)20-16-26(7)40(48)51-11/h13-14,16-17,19,25,29-32,34,49H,12,15,18,20-21H2,1-8,10-11H3/b26-16-. The van der Waals surface area contributed by atoms with Crippen LogP contribution < -0.4 is 14.2 Å². The molecule has 6 rings (SSSR count). The van der Waals surface area contributed by atoms with Crippen molar-refractivity contribution in [2.45, 2.75) is 110 Å². The number of allylic oxidation sites excluding steroid dienone is 4. The Bertz CT molecular complexity index is 1900. The molecular weight excluding hydrogens is 672 g/mol. The predicted molar refractivity (Wildman–Crippen MR) is 200 cm³/mol. The number of nitrogens with zero attached hydrogens (tertiary/aromatic N) is 2. The lowest BCUT2D eigenvalue weighted by atomic mass is 9.41. The maximum absolute atomic E-state index is 15.6. The number of carbonyl (C=O) groups is 3. The minimum absolute atomic E-state index is 0.137. The minimum atomic E-state index is -2.31. The Labute approximate surface area is 313 Å². The topological polar surface area (TPSA) is 137 Å². The van der Waals surface area contributed by atoms with Gasteiger partial charge in [0.1, 0.15) is 28.4 Å². The van der Waals surface area contributed by atoms with Crippen LogP contribution in [-0.4, -0.2) is 59.7 Å². The summed E-state index contributed by atoms with van der Waals surface area (Å²) in [6, 6.07) is 0.702. The van der Waals surface area contributed by atoms with Crippen molar-refractivity contribution in [1.29, 1.82) is 5.26 Å². The third-order valence-electron chi connectivity index (χ3n) is 11.8. The lowest BCUT2D eigenvalue weighted by Gasteiger charge is -2.66. The van der Waals surface area contributed by atoms with Gasteiger partial charge in [0.05, 0.1) is 31.6 Å². The predicted octanol–water partition coefficient (Wildman–Crippen LogP) is 7.59. The number of ketones is 2. The Hall–Kier alpha value is -4.67. The summed E-state index contributed by atoms with van der Waals surface area (Å²) in [6.45, 7) is 23.5. The number of carbonyl (C=O) groups excluding carboxylic acids is 3. The quantitative estimate of drug-likeness (QED) is 0.106. The van der Waals surface area contributed by atoms with Crippen LogP contribution in [0.15, 0.2) is 41.0 Å². The number of hydrogen-bond acceptors (Lipinski definition) is 9. The molecule has 2 bridgehead atoms. The van der Waals surface area contributed by atoms with E-state index in [0.717, 1.165) is 12.0 Å². The summed E-state index contributed by atoms with van der Waals surface area (Å²) in [5, 5.41) is 23.3. The van der Waals surface area contributed by atoms with Gasteiger partial charge in [-0.1, -0.05) is 43.2 Å². The Balaban J connectivity index is 1.87. The molecule has 0 aromatic heterocycles. The molecule has 3 saturated carbocycles. The van der Waals surface area contributed by atoms with Gasteiger partial charge in [-0.3, -0.25) is 14.4 Å². The molecule has 2 aliphatic heterocycles. The van der Waals surface area contributed by atoms with E-state index in [1.165, 1.54) is 32.8 Å². The van der Waals surface area contributed by atoms with Gasteiger partial charge in [0.2, 0.25) is 0 Å². The van der Waals surface area contributed by atoms with Crippen molar-refractivity contribution in [3.8, 4) is 23.3 Å². The first-order valence-corrected chi connectivity index (χ1v) is 18.4. The molecule has 1 aromatic carbocycles. The van der Waals surface area contributed by atoms with Gasteiger partial charge >= 0.3 is 12.0 Å². The molecule has 3 fully saturated rings. The van der Waals surface area contributed by atoms with Crippen LogP contribution in [0.1, 0.15) is 103 Å². The number of benzene rings is 1. The van der Waals surface area contributed by atoms with E-state index in [1.54, 1.807) is 0 Å². The number of rotatable bonds is 11. The fourth-order valence-corrected chi connectivity index (χ4v) is 9.17. The van der Waals surface area contributed by atoms with Gasteiger partial charge in [-0.15, -0.1) is 0 Å². The van der Waals surface area contributed by atoms with Crippen LogP contribution in [0.2, 0.25) is 0 Å². The first kappa shape index (κ1) is 39.5. The molecular formula is C43H52N2O8. The summed E-state index contributed by atoms with van der Waals surface area (Å²) in [5.41, 5.74) is -1.27. The van der Waals surface area contributed by atoms with Crippen LogP contribution in [0.25, 0.3) is 10.9 Å². The fourth-order valence-electron chi connectivity index (χ4n) is 9.17. The zero-order valence-electron chi connectivity index (χ0n) is 32.6. The minimum Gasteiger partial charge on any atom is -0.495 e. The highest BCUT2D eigenvalue weighted by Crippen LogP contribution is 2.67. The number of Topliss-reactive ketones (excluding diaryl/α,β-unsaturated/α-hetero) is 2. The van der Waals surface area contributed by atoms with E-state index < -0.39 is 64.1 Å². The molecule has 10 nitrogen and oxygen atoms in total. The van der Waals surface area contributed by atoms with Crippen molar-refractivity contribution in [1.82, 2.24) is 0 Å². The van der Waals surface area contributed by atoms with E-state index in [0.29, 0.717) is 29.7 Å². The molecule has 3 aliphatic carbocycles. The average Bonchev–Trinajstić information content (AvgIpc) is 3.11. The molecule has 1 N–H and O–H groups in total. The van der Waals surface area contributed by atoms with Gasteiger partial charge in [-0.05, 0) is 85.3 Å². The average molecular weight is 725 g/mol. The van der Waals surface area contributed by atoms with Crippen LogP contribution in [0.3, 0.4) is 0 Å². The van der Waals surface area contributed by atoms with E-state index in [2.05, 4.69) is 17.0 Å². The highest BCUT2D eigenvalue weighted by Gasteiger charge is 2.80. The number of aliphatic hydroxyl groups is 1. The van der Waals surface area contributed by atoms with Crippen molar-refractivity contribution in [3.05, 3.63) is 69.1 Å². The summed E-state index contributed by atoms with van der Waals surface area (Å²) in [7, 11) is 2.72. The van der Waals surface area contributed by atoms with Crippen molar-refractivity contribution < 1.29 is 38.4 Å². The van der Waals surface area contributed by atoms with Crippen molar-refractivity contribution in [3.63, 3.8) is 0 Å². The Morgan fingerprint density at radius 1 is 1.11 bits per heavy atom. The molecule has 2 heterocycles. The van der Waals surface area contributed by atoms with E-state index in [4.69, 9.17) is 25.5 Å². The zero-order chi connectivity index (χ0) is 39.2. The van der Waals surface area contributed by atoms with Gasteiger partial charge < -0.3 is 24.1 Å².